The standard InChI is InChI=1S/C13H18F2N2O/c1-18-13(5-2-6-13)8-12(17-16)10-7-9(14)3-4-11(10)15/h3-4,7,12,17H,2,5-6,8,16H2,1H3. The number of hydrogen-bond donors (Lipinski definition) is 2. The summed E-state index contributed by atoms with van der Waals surface area (Å²) >= 11 is 0. The van der Waals surface area contributed by atoms with Gasteiger partial charge in [0, 0.05) is 12.7 Å². The topological polar surface area (TPSA) is 47.3 Å². The van der Waals surface area contributed by atoms with Crippen LogP contribution in [-0.2, 0) is 4.74 Å². The highest BCUT2D eigenvalue weighted by Crippen LogP contribution is 2.42. The second-order valence-corrected chi connectivity index (χ2v) is 4.83. The molecule has 3 nitrogen and oxygen atoms in total. The summed E-state index contributed by atoms with van der Waals surface area (Å²) in [6.07, 6.45) is 3.49. The van der Waals surface area contributed by atoms with E-state index in [9.17, 15) is 8.78 Å². The third-order valence-electron chi connectivity index (χ3n) is 3.81. The van der Waals surface area contributed by atoms with Gasteiger partial charge in [-0.25, -0.2) is 8.78 Å². The molecule has 0 aliphatic heterocycles. The van der Waals surface area contributed by atoms with Crippen molar-refractivity contribution < 1.29 is 13.5 Å². The van der Waals surface area contributed by atoms with Crippen LogP contribution in [0.15, 0.2) is 18.2 Å². The maximum atomic E-state index is 13.7. The molecule has 3 N–H and O–H groups in total. The van der Waals surface area contributed by atoms with E-state index in [2.05, 4.69) is 5.43 Å². The highest BCUT2D eigenvalue weighted by molar-refractivity contribution is 5.23. The van der Waals surface area contributed by atoms with Crippen molar-refractivity contribution in [2.45, 2.75) is 37.3 Å². The fourth-order valence-corrected chi connectivity index (χ4v) is 2.48. The molecule has 1 aromatic rings. The Balaban J connectivity index is 2.20. The summed E-state index contributed by atoms with van der Waals surface area (Å²) in [4.78, 5) is 0. The van der Waals surface area contributed by atoms with Crippen LogP contribution in [0, 0.1) is 11.6 Å². The van der Waals surface area contributed by atoms with Crippen molar-refractivity contribution in [3.8, 4) is 0 Å². The summed E-state index contributed by atoms with van der Waals surface area (Å²) in [6, 6.07) is 2.96. The van der Waals surface area contributed by atoms with Crippen LogP contribution in [0.25, 0.3) is 0 Å². The Kier molecular flexibility index (Phi) is 3.94. The molecular weight excluding hydrogens is 238 g/mol. The predicted octanol–water partition coefficient (Wildman–Crippen LogP) is 2.43. The third-order valence-corrected chi connectivity index (χ3v) is 3.81. The number of halogens is 2. The lowest BCUT2D eigenvalue weighted by Crippen LogP contribution is -2.44. The summed E-state index contributed by atoms with van der Waals surface area (Å²) in [5, 5.41) is 0. The minimum absolute atomic E-state index is 0.251. The number of hydrazine groups is 1. The Hall–Kier alpha value is -1.04. The molecule has 2 rings (SSSR count). The quantitative estimate of drug-likeness (QED) is 0.628. The minimum atomic E-state index is -0.466. The minimum Gasteiger partial charge on any atom is -0.378 e. The molecule has 1 aliphatic rings. The molecule has 0 spiro atoms. The summed E-state index contributed by atoms with van der Waals surface area (Å²) in [6.45, 7) is 0. The van der Waals surface area contributed by atoms with Crippen molar-refractivity contribution in [1.29, 1.82) is 0 Å². The number of hydrogen-bond acceptors (Lipinski definition) is 3. The lowest BCUT2D eigenvalue weighted by atomic mass is 9.74. The van der Waals surface area contributed by atoms with E-state index in [1.807, 2.05) is 0 Å². The molecule has 1 unspecified atom stereocenters. The van der Waals surface area contributed by atoms with Gasteiger partial charge >= 0.3 is 0 Å². The fourth-order valence-electron chi connectivity index (χ4n) is 2.48. The van der Waals surface area contributed by atoms with E-state index in [1.165, 1.54) is 6.07 Å². The van der Waals surface area contributed by atoms with Crippen molar-refractivity contribution >= 4 is 0 Å². The zero-order valence-electron chi connectivity index (χ0n) is 10.4. The van der Waals surface area contributed by atoms with Crippen LogP contribution >= 0.6 is 0 Å². The number of nitrogens with two attached hydrogens (primary N) is 1. The molecule has 1 fully saturated rings. The number of benzene rings is 1. The van der Waals surface area contributed by atoms with Gasteiger partial charge in [-0.3, -0.25) is 11.3 Å². The molecule has 0 bridgehead atoms. The molecule has 1 aliphatic carbocycles. The molecule has 1 aromatic carbocycles. The van der Waals surface area contributed by atoms with Gasteiger partial charge in [0.25, 0.3) is 0 Å². The maximum Gasteiger partial charge on any atom is 0.128 e. The summed E-state index contributed by atoms with van der Waals surface area (Å²) in [5.74, 6) is 4.55. The highest BCUT2D eigenvalue weighted by Gasteiger charge is 2.39. The highest BCUT2D eigenvalue weighted by atomic mass is 19.1. The summed E-state index contributed by atoms with van der Waals surface area (Å²) in [5.41, 5.74) is 2.55. The molecule has 0 aromatic heterocycles. The van der Waals surface area contributed by atoms with Crippen LogP contribution in [0.5, 0.6) is 0 Å². The Labute approximate surface area is 105 Å². The zero-order chi connectivity index (χ0) is 13.2. The van der Waals surface area contributed by atoms with Crippen LogP contribution in [-0.4, -0.2) is 12.7 Å². The lowest BCUT2D eigenvalue weighted by molar-refractivity contribution is -0.0840. The number of methoxy groups -OCH3 is 1. The molecule has 100 valence electrons. The molecular formula is C13H18F2N2O. The zero-order valence-corrected chi connectivity index (χ0v) is 10.4. The van der Waals surface area contributed by atoms with Gasteiger partial charge in [-0.15, -0.1) is 0 Å². The molecule has 0 heterocycles. The first-order valence-corrected chi connectivity index (χ1v) is 6.06. The van der Waals surface area contributed by atoms with E-state index in [4.69, 9.17) is 10.6 Å². The Morgan fingerprint density at radius 1 is 1.44 bits per heavy atom. The van der Waals surface area contributed by atoms with Crippen LogP contribution in [0.4, 0.5) is 8.78 Å². The molecule has 0 amide bonds. The fraction of sp³-hybridized carbons (Fsp3) is 0.538. The molecule has 1 atom stereocenters. The van der Waals surface area contributed by atoms with Gasteiger partial charge in [-0.05, 0) is 43.9 Å². The van der Waals surface area contributed by atoms with Crippen LogP contribution in [0.1, 0.15) is 37.3 Å². The van der Waals surface area contributed by atoms with Crippen LogP contribution in [0.3, 0.4) is 0 Å². The molecule has 18 heavy (non-hydrogen) atoms. The number of ether oxygens (including phenoxy) is 1. The average Bonchev–Trinajstić information content (AvgIpc) is 2.32. The van der Waals surface area contributed by atoms with Crippen LogP contribution < -0.4 is 11.3 Å². The van der Waals surface area contributed by atoms with Crippen LogP contribution in [0.2, 0.25) is 0 Å². The predicted molar refractivity (Wildman–Crippen MR) is 64.6 cm³/mol. The largest absolute Gasteiger partial charge is 0.378 e. The van der Waals surface area contributed by atoms with Crippen molar-refractivity contribution in [3.63, 3.8) is 0 Å². The van der Waals surface area contributed by atoms with E-state index >= 15 is 0 Å². The summed E-state index contributed by atoms with van der Waals surface area (Å²) in [7, 11) is 1.65. The second-order valence-electron chi connectivity index (χ2n) is 4.83. The van der Waals surface area contributed by atoms with E-state index in [0.717, 1.165) is 31.4 Å². The third kappa shape index (κ3) is 2.53. The monoisotopic (exact) mass is 256 g/mol. The number of rotatable bonds is 5. The SMILES string of the molecule is COC1(CC(NN)c2cc(F)ccc2F)CCC1. The van der Waals surface area contributed by atoms with E-state index in [-0.39, 0.29) is 11.2 Å². The second kappa shape index (κ2) is 5.30. The van der Waals surface area contributed by atoms with Crippen molar-refractivity contribution in [3.05, 3.63) is 35.4 Å². The van der Waals surface area contributed by atoms with Crippen molar-refractivity contribution in [2.24, 2.45) is 5.84 Å². The normalized spacial score (nSPS) is 19.3. The van der Waals surface area contributed by atoms with Gasteiger partial charge in [0.1, 0.15) is 11.6 Å². The first-order chi connectivity index (χ1) is 8.60. The Bertz CT molecular complexity index is 416. The smallest absolute Gasteiger partial charge is 0.128 e. The van der Waals surface area contributed by atoms with E-state index in [0.29, 0.717) is 6.42 Å². The first kappa shape index (κ1) is 13.4. The van der Waals surface area contributed by atoms with Crippen molar-refractivity contribution in [2.75, 3.05) is 7.11 Å². The first-order valence-electron chi connectivity index (χ1n) is 6.06. The Morgan fingerprint density at radius 3 is 2.67 bits per heavy atom. The average molecular weight is 256 g/mol. The van der Waals surface area contributed by atoms with Gasteiger partial charge in [-0.1, -0.05) is 0 Å². The van der Waals surface area contributed by atoms with E-state index < -0.39 is 17.7 Å². The molecule has 0 saturated heterocycles. The van der Waals surface area contributed by atoms with E-state index in [1.54, 1.807) is 7.11 Å². The summed E-state index contributed by atoms with van der Waals surface area (Å²) < 4.78 is 32.4. The molecule has 0 radical (unpaired) electrons. The van der Waals surface area contributed by atoms with Gasteiger partial charge in [0.15, 0.2) is 0 Å². The lowest BCUT2D eigenvalue weighted by Gasteiger charge is -2.42. The van der Waals surface area contributed by atoms with Crippen molar-refractivity contribution in [1.82, 2.24) is 5.43 Å². The maximum absolute atomic E-state index is 13.7. The van der Waals surface area contributed by atoms with Gasteiger partial charge in [-0.2, -0.15) is 0 Å². The molecule has 1 saturated carbocycles. The van der Waals surface area contributed by atoms with Gasteiger partial charge in [0.2, 0.25) is 0 Å². The van der Waals surface area contributed by atoms with Gasteiger partial charge < -0.3 is 4.74 Å². The molecule has 5 heteroatoms. The Morgan fingerprint density at radius 2 is 2.17 bits per heavy atom. The number of nitrogens with one attached hydrogen (secondary N) is 1. The van der Waals surface area contributed by atoms with Gasteiger partial charge in [0.05, 0.1) is 11.6 Å².